The summed E-state index contributed by atoms with van der Waals surface area (Å²) in [6.07, 6.45) is 2.71. The van der Waals surface area contributed by atoms with Crippen molar-refractivity contribution in [1.29, 1.82) is 0 Å². The lowest BCUT2D eigenvalue weighted by molar-refractivity contribution is 0.0268. The van der Waals surface area contributed by atoms with Gasteiger partial charge in [0.1, 0.15) is 0 Å². The van der Waals surface area contributed by atoms with Crippen molar-refractivity contribution in [3.63, 3.8) is 0 Å². The van der Waals surface area contributed by atoms with Crippen LogP contribution in [0.25, 0.3) is 0 Å². The third kappa shape index (κ3) is 7.08. The van der Waals surface area contributed by atoms with Crippen molar-refractivity contribution in [2.24, 2.45) is 10.9 Å². The first kappa shape index (κ1) is 19.9. The summed E-state index contributed by atoms with van der Waals surface area (Å²) in [6.45, 7) is 5.78. The number of halogens is 1. The van der Waals surface area contributed by atoms with Crippen molar-refractivity contribution >= 4 is 29.9 Å². The molecule has 1 fully saturated rings. The van der Waals surface area contributed by atoms with E-state index in [4.69, 9.17) is 4.74 Å². The van der Waals surface area contributed by atoms with Gasteiger partial charge in [-0.2, -0.15) is 0 Å². The Labute approximate surface area is 140 Å². The second-order valence-electron chi connectivity index (χ2n) is 6.14. The molecular formula is C14H31IN4O. The zero-order valence-electron chi connectivity index (χ0n) is 13.7. The van der Waals surface area contributed by atoms with Crippen LogP contribution < -0.4 is 10.6 Å². The molecule has 6 heteroatoms. The van der Waals surface area contributed by atoms with E-state index in [1.165, 1.54) is 12.8 Å². The molecule has 0 heterocycles. The minimum absolute atomic E-state index is 0. The van der Waals surface area contributed by atoms with E-state index in [9.17, 15) is 0 Å². The molecule has 0 spiro atoms. The largest absolute Gasteiger partial charge is 0.377 e. The summed E-state index contributed by atoms with van der Waals surface area (Å²) in [5.41, 5.74) is -0.185. The van der Waals surface area contributed by atoms with Crippen LogP contribution in [0, 0.1) is 5.92 Å². The van der Waals surface area contributed by atoms with Gasteiger partial charge in [0.05, 0.1) is 5.60 Å². The van der Waals surface area contributed by atoms with Gasteiger partial charge in [0.25, 0.3) is 0 Å². The maximum Gasteiger partial charge on any atom is 0.191 e. The van der Waals surface area contributed by atoms with Crippen molar-refractivity contribution in [1.82, 2.24) is 15.5 Å². The number of aliphatic imine (C=N–C) groups is 1. The number of hydrogen-bond donors (Lipinski definition) is 2. The van der Waals surface area contributed by atoms with E-state index < -0.39 is 0 Å². The summed E-state index contributed by atoms with van der Waals surface area (Å²) in [4.78, 5) is 6.56. The van der Waals surface area contributed by atoms with Crippen molar-refractivity contribution in [2.75, 3.05) is 41.3 Å². The standard InChI is InChI=1S/C14H30N4O.HI/c1-14(2,19-6)10-17-13(15-3)16-9-12(18(4)5)11-7-8-11;/h11-12H,7-10H2,1-6H3,(H2,15,16,17);1H. The predicted molar refractivity (Wildman–Crippen MR) is 96.1 cm³/mol. The van der Waals surface area contributed by atoms with Gasteiger partial charge in [-0.1, -0.05) is 0 Å². The number of ether oxygens (including phenoxy) is 1. The van der Waals surface area contributed by atoms with Gasteiger partial charge in [0.2, 0.25) is 0 Å². The first-order valence-corrected chi connectivity index (χ1v) is 7.05. The average Bonchev–Trinajstić information content (AvgIpc) is 3.17. The Morgan fingerprint density at radius 2 is 1.95 bits per heavy atom. The summed E-state index contributed by atoms with van der Waals surface area (Å²) < 4.78 is 5.39. The summed E-state index contributed by atoms with van der Waals surface area (Å²) >= 11 is 0. The number of likely N-dealkylation sites (N-methyl/N-ethyl adjacent to an activating group) is 1. The van der Waals surface area contributed by atoms with Crippen LogP contribution in [-0.2, 0) is 4.74 Å². The molecular weight excluding hydrogens is 367 g/mol. The Bertz CT molecular complexity index is 302. The fourth-order valence-corrected chi connectivity index (χ4v) is 2.04. The lowest BCUT2D eigenvalue weighted by atomic mass is 10.1. The van der Waals surface area contributed by atoms with Gasteiger partial charge >= 0.3 is 0 Å². The van der Waals surface area contributed by atoms with E-state index in [2.05, 4.69) is 48.5 Å². The lowest BCUT2D eigenvalue weighted by Gasteiger charge is -2.27. The van der Waals surface area contributed by atoms with E-state index in [-0.39, 0.29) is 29.6 Å². The predicted octanol–water partition coefficient (Wildman–Crippen LogP) is 1.53. The van der Waals surface area contributed by atoms with Gasteiger partial charge in [-0.3, -0.25) is 4.99 Å². The highest BCUT2D eigenvalue weighted by Gasteiger charge is 2.32. The Morgan fingerprint density at radius 1 is 1.35 bits per heavy atom. The second kappa shape index (κ2) is 9.04. The normalized spacial score (nSPS) is 17.6. The minimum Gasteiger partial charge on any atom is -0.377 e. The van der Waals surface area contributed by atoms with E-state index in [0.717, 1.165) is 25.0 Å². The molecule has 0 radical (unpaired) electrons. The highest BCUT2D eigenvalue weighted by Crippen LogP contribution is 2.34. The molecule has 20 heavy (non-hydrogen) atoms. The molecule has 0 amide bonds. The Kier molecular flexibility index (Phi) is 9.01. The van der Waals surface area contributed by atoms with Crippen molar-refractivity contribution in [3.8, 4) is 0 Å². The molecule has 0 bridgehead atoms. The third-order valence-electron chi connectivity index (χ3n) is 3.77. The van der Waals surface area contributed by atoms with E-state index in [1.54, 1.807) is 14.2 Å². The molecule has 0 aromatic rings. The fraction of sp³-hybridized carbons (Fsp3) is 0.929. The summed E-state index contributed by atoms with van der Waals surface area (Å²) in [5, 5.41) is 6.72. The number of rotatable bonds is 7. The zero-order valence-corrected chi connectivity index (χ0v) is 16.0. The minimum atomic E-state index is -0.185. The Morgan fingerprint density at radius 3 is 2.35 bits per heavy atom. The number of nitrogens with one attached hydrogen (secondary N) is 2. The molecule has 0 saturated heterocycles. The van der Waals surface area contributed by atoms with Crippen LogP contribution in [0.4, 0.5) is 0 Å². The Balaban J connectivity index is 0.00000361. The molecule has 1 rings (SSSR count). The number of methoxy groups -OCH3 is 1. The van der Waals surface area contributed by atoms with Crippen LogP contribution in [0.3, 0.4) is 0 Å². The molecule has 0 aliphatic heterocycles. The first-order chi connectivity index (χ1) is 8.89. The monoisotopic (exact) mass is 398 g/mol. The second-order valence-corrected chi connectivity index (χ2v) is 6.14. The molecule has 120 valence electrons. The summed E-state index contributed by atoms with van der Waals surface area (Å²) in [5.74, 6) is 1.69. The summed E-state index contributed by atoms with van der Waals surface area (Å²) in [6, 6.07) is 0.592. The SMILES string of the molecule is CN=C(NCC(C1CC1)N(C)C)NCC(C)(C)OC.I. The van der Waals surface area contributed by atoms with Gasteiger partial charge < -0.3 is 20.3 Å². The smallest absolute Gasteiger partial charge is 0.191 e. The molecule has 1 atom stereocenters. The maximum absolute atomic E-state index is 5.39. The molecule has 1 aliphatic carbocycles. The van der Waals surface area contributed by atoms with Crippen LogP contribution in [-0.4, -0.2) is 63.8 Å². The fourth-order valence-electron chi connectivity index (χ4n) is 2.04. The highest BCUT2D eigenvalue weighted by molar-refractivity contribution is 14.0. The summed E-state index contributed by atoms with van der Waals surface area (Å²) in [7, 11) is 7.83. The molecule has 1 unspecified atom stereocenters. The average molecular weight is 398 g/mol. The van der Waals surface area contributed by atoms with Crippen molar-refractivity contribution in [2.45, 2.75) is 38.3 Å². The van der Waals surface area contributed by atoms with Crippen molar-refractivity contribution in [3.05, 3.63) is 0 Å². The molecule has 2 N–H and O–H groups in total. The highest BCUT2D eigenvalue weighted by atomic mass is 127. The Hall–Kier alpha value is -0.0800. The molecule has 1 saturated carbocycles. The molecule has 1 aliphatic rings. The van der Waals surface area contributed by atoms with E-state index in [1.807, 2.05) is 0 Å². The van der Waals surface area contributed by atoms with E-state index >= 15 is 0 Å². The molecule has 0 aromatic carbocycles. The third-order valence-corrected chi connectivity index (χ3v) is 3.77. The number of nitrogens with zero attached hydrogens (tertiary/aromatic N) is 2. The van der Waals surface area contributed by atoms with Crippen molar-refractivity contribution < 1.29 is 4.74 Å². The molecule has 0 aromatic heterocycles. The zero-order chi connectivity index (χ0) is 14.5. The van der Waals surface area contributed by atoms with Gasteiger partial charge in [0.15, 0.2) is 5.96 Å². The van der Waals surface area contributed by atoms with Crippen LogP contribution in [0.1, 0.15) is 26.7 Å². The van der Waals surface area contributed by atoms with Crippen LogP contribution in [0.5, 0.6) is 0 Å². The van der Waals surface area contributed by atoms with Gasteiger partial charge in [-0.05, 0) is 46.7 Å². The maximum atomic E-state index is 5.39. The number of guanidine groups is 1. The van der Waals surface area contributed by atoms with Gasteiger partial charge in [0, 0.05) is 33.3 Å². The first-order valence-electron chi connectivity index (χ1n) is 7.05. The van der Waals surface area contributed by atoms with Crippen LogP contribution >= 0.6 is 24.0 Å². The van der Waals surface area contributed by atoms with Crippen LogP contribution in [0.2, 0.25) is 0 Å². The molecule has 5 nitrogen and oxygen atoms in total. The topological polar surface area (TPSA) is 48.9 Å². The van der Waals surface area contributed by atoms with Crippen LogP contribution in [0.15, 0.2) is 4.99 Å². The van der Waals surface area contributed by atoms with E-state index in [0.29, 0.717) is 6.04 Å². The quantitative estimate of drug-likeness (QED) is 0.388. The number of hydrogen-bond acceptors (Lipinski definition) is 3. The van der Waals surface area contributed by atoms with Gasteiger partial charge in [-0.25, -0.2) is 0 Å². The lowest BCUT2D eigenvalue weighted by Crippen LogP contribution is -2.49. The van der Waals surface area contributed by atoms with Gasteiger partial charge in [-0.15, -0.1) is 24.0 Å².